The van der Waals surface area contributed by atoms with Crippen molar-refractivity contribution in [3.63, 3.8) is 0 Å². The second-order valence-electron chi connectivity index (χ2n) is 5.37. The molecule has 0 bridgehead atoms. The molecular weight excluding hydrogens is 343 g/mol. The van der Waals surface area contributed by atoms with E-state index in [2.05, 4.69) is 10.6 Å². The number of amides is 1. The fourth-order valence-corrected chi connectivity index (χ4v) is 4.03. The molecule has 2 heterocycles. The molecular formula is C15H20Cl2N2O2S. The molecule has 7 heteroatoms. The predicted molar refractivity (Wildman–Crippen MR) is 92.2 cm³/mol. The van der Waals surface area contributed by atoms with Crippen molar-refractivity contribution in [2.75, 3.05) is 25.5 Å². The summed E-state index contributed by atoms with van der Waals surface area (Å²) in [6, 6.07) is 6.10. The number of hydrogen-bond acceptors (Lipinski definition) is 4. The number of nitrogens with one attached hydrogen (secondary N) is 2. The van der Waals surface area contributed by atoms with Crippen LogP contribution in [0.4, 0.5) is 0 Å². The van der Waals surface area contributed by atoms with Crippen LogP contribution in [0.1, 0.15) is 24.4 Å². The van der Waals surface area contributed by atoms with Crippen molar-refractivity contribution < 1.29 is 9.53 Å². The predicted octanol–water partition coefficient (Wildman–Crippen LogP) is 2.79. The highest BCUT2D eigenvalue weighted by Crippen LogP contribution is 2.37. The SMILES string of the molecule is Cl.O=C(CC1COCCN1)NC1CCSc2ccc(Cl)cc21. The number of rotatable bonds is 3. The fourth-order valence-electron chi connectivity index (χ4n) is 2.74. The first-order chi connectivity index (χ1) is 10.2. The molecule has 0 spiro atoms. The Morgan fingerprint density at radius 2 is 2.36 bits per heavy atom. The fraction of sp³-hybridized carbons (Fsp3) is 0.533. The molecule has 0 radical (unpaired) electrons. The molecule has 1 aromatic carbocycles. The number of benzene rings is 1. The quantitative estimate of drug-likeness (QED) is 0.867. The Labute approximate surface area is 146 Å². The third kappa shape index (κ3) is 4.52. The summed E-state index contributed by atoms with van der Waals surface area (Å²) in [5.74, 6) is 1.09. The maximum Gasteiger partial charge on any atom is 0.222 e. The van der Waals surface area contributed by atoms with Crippen LogP contribution in [0.2, 0.25) is 5.02 Å². The van der Waals surface area contributed by atoms with E-state index < -0.39 is 0 Å². The van der Waals surface area contributed by atoms with Gasteiger partial charge in [-0.15, -0.1) is 24.2 Å². The van der Waals surface area contributed by atoms with E-state index in [9.17, 15) is 4.79 Å². The van der Waals surface area contributed by atoms with E-state index in [0.717, 1.165) is 35.9 Å². The van der Waals surface area contributed by atoms with E-state index in [1.165, 1.54) is 4.90 Å². The summed E-state index contributed by atoms with van der Waals surface area (Å²) < 4.78 is 5.38. The number of halogens is 2. The van der Waals surface area contributed by atoms with Gasteiger partial charge in [0.15, 0.2) is 0 Å². The largest absolute Gasteiger partial charge is 0.378 e. The monoisotopic (exact) mass is 362 g/mol. The van der Waals surface area contributed by atoms with E-state index in [1.807, 2.05) is 30.0 Å². The highest BCUT2D eigenvalue weighted by atomic mass is 35.5. The Kier molecular flexibility index (Phi) is 6.84. The average molecular weight is 363 g/mol. The minimum absolute atomic E-state index is 0. The third-order valence-corrected chi connectivity index (χ3v) is 5.13. The highest BCUT2D eigenvalue weighted by molar-refractivity contribution is 7.99. The van der Waals surface area contributed by atoms with Crippen molar-refractivity contribution in [3.8, 4) is 0 Å². The van der Waals surface area contributed by atoms with Gasteiger partial charge >= 0.3 is 0 Å². The number of ether oxygens (including phenoxy) is 1. The lowest BCUT2D eigenvalue weighted by molar-refractivity contribution is -0.123. The minimum atomic E-state index is 0. The summed E-state index contributed by atoms with van der Waals surface area (Å²) in [4.78, 5) is 13.4. The molecule has 1 saturated heterocycles. The van der Waals surface area contributed by atoms with Crippen LogP contribution in [0.25, 0.3) is 0 Å². The molecule has 0 aliphatic carbocycles. The highest BCUT2D eigenvalue weighted by Gasteiger charge is 2.24. The summed E-state index contributed by atoms with van der Waals surface area (Å²) in [6.45, 7) is 2.15. The maximum atomic E-state index is 12.2. The Balaban J connectivity index is 0.00000176. The number of morpholine rings is 1. The molecule has 2 N–H and O–H groups in total. The van der Waals surface area contributed by atoms with E-state index >= 15 is 0 Å². The standard InChI is InChI=1S/C15H19ClN2O2S.ClH/c16-10-1-2-14-12(7-10)13(3-6-21-14)18-15(19)8-11-9-20-5-4-17-11;/h1-2,7,11,13,17H,3-6,8-9H2,(H,18,19);1H. The zero-order valence-electron chi connectivity index (χ0n) is 12.1. The number of thioether (sulfide) groups is 1. The molecule has 1 amide bonds. The van der Waals surface area contributed by atoms with Crippen LogP contribution in [0.15, 0.2) is 23.1 Å². The molecule has 1 aromatic rings. The van der Waals surface area contributed by atoms with Crippen LogP contribution >= 0.6 is 35.8 Å². The van der Waals surface area contributed by atoms with E-state index in [0.29, 0.717) is 13.0 Å². The summed E-state index contributed by atoms with van der Waals surface area (Å²) in [5, 5.41) is 7.17. The molecule has 2 aliphatic heterocycles. The molecule has 3 rings (SSSR count). The molecule has 0 aromatic heterocycles. The third-order valence-electron chi connectivity index (χ3n) is 3.78. The lowest BCUT2D eigenvalue weighted by Gasteiger charge is -2.28. The smallest absolute Gasteiger partial charge is 0.222 e. The Morgan fingerprint density at radius 3 is 3.14 bits per heavy atom. The molecule has 4 nitrogen and oxygen atoms in total. The van der Waals surface area contributed by atoms with E-state index in [1.54, 1.807) is 0 Å². The van der Waals surface area contributed by atoms with Gasteiger partial charge in [0.05, 0.1) is 19.3 Å². The first kappa shape index (κ1) is 17.9. The van der Waals surface area contributed by atoms with Gasteiger partial charge in [-0.25, -0.2) is 0 Å². The second kappa shape index (κ2) is 8.41. The van der Waals surface area contributed by atoms with Gasteiger partial charge in [-0.05, 0) is 30.2 Å². The number of carbonyl (C=O) groups excluding carboxylic acids is 1. The van der Waals surface area contributed by atoms with Crippen molar-refractivity contribution in [1.82, 2.24) is 10.6 Å². The van der Waals surface area contributed by atoms with Crippen molar-refractivity contribution in [2.45, 2.75) is 29.8 Å². The Bertz CT molecular complexity index is 524. The van der Waals surface area contributed by atoms with Gasteiger partial charge in [0.25, 0.3) is 0 Å². The summed E-state index contributed by atoms with van der Waals surface area (Å²) in [6.07, 6.45) is 1.40. The van der Waals surface area contributed by atoms with Crippen LogP contribution in [0, 0.1) is 0 Å². The topological polar surface area (TPSA) is 50.4 Å². The van der Waals surface area contributed by atoms with Gasteiger partial charge in [0.1, 0.15) is 0 Å². The lowest BCUT2D eigenvalue weighted by atomic mass is 10.0. The summed E-state index contributed by atoms with van der Waals surface area (Å²) in [7, 11) is 0. The summed E-state index contributed by atoms with van der Waals surface area (Å²) >= 11 is 7.91. The van der Waals surface area contributed by atoms with Crippen molar-refractivity contribution >= 4 is 41.7 Å². The minimum Gasteiger partial charge on any atom is -0.378 e. The van der Waals surface area contributed by atoms with Crippen LogP contribution < -0.4 is 10.6 Å². The van der Waals surface area contributed by atoms with Crippen LogP contribution in [-0.2, 0) is 9.53 Å². The average Bonchev–Trinajstić information content (AvgIpc) is 2.49. The number of carbonyl (C=O) groups is 1. The molecule has 0 saturated carbocycles. The van der Waals surface area contributed by atoms with Gasteiger partial charge in [-0.2, -0.15) is 0 Å². The Hall–Kier alpha value is -0.460. The van der Waals surface area contributed by atoms with Gasteiger partial charge in [0.2, 0.25) is 5.91 Å². The van der Waals surface area contributed by atoms with Gasteiger partial charge in [-0.1, -0.05) is 11.6 Å². The van der Waals surface area contributed by atoms with Crippen LogP contribution in [0.3, 0.4) is 0 Å². The zero-order valence-corrected chi connectivity index (χ0v) is 14.5. The molecule has 2 aliphatic rings. The van der Waals surface area contributed by atoms with Crippen molar-refractivity contribution in [1.29, 1.82) is 0 Å². The molecule has 1 fully saturated rings. The van der Waals surface area contributed by atoms with Gasteiger partial charge < -0.3 is 15.4 Å². The summed E-state index contributed by atoms with van der Waals surface area (Å²) in [5.41, 5.74) is 1.14. The van der Waals surface area contributed by atoms with Crippen molar-refractivity contribution in [3.05, 3.63) is 28.8 Å². The van der Waals surface area contributed by atoms with Crippen LogP contribution in [-0.4, -0.2) is 37.5 Å². The zero-order chi connectivity index (χ0) is 14.7. The second-order valence-corrected chi connectivity index (χ2v) is 6.94. The van der Waals surface area contributed by atoms with Crippen molar-refractivity contribution in [2.24, 2.45) is 0 Å². The van der Waals surface area contributed by atoms with Crippen LogP contribution in [0.5, 0.6) is 0 Å². The Morgan fingerprint density at radius 1 is 1.50 bits per heavy atom. The lowest BCUT2D eigenvalue weighted by Crippen LogP contribution is -2.44. The molecule has 2 unspecified atom stereocenters. The molecule has 122 valence electrons. The normalized spacial score (nSPS) is 24.0. The van der Waals surface area contributed by atoms with Gasteiger partial charge in [0, 0.05) is 34.7 Å². The molecule has 2 atom stereocenters. The number of fused-ring (bicyclic) bond motifs is 1. The van der Waals surface area contributed by atoms with E-state index in [-0.39, 0.29) is 30.4 Å². The maximum absolute atomic E-state index is 12.2. The molecule has 22 heavy (non-hydrogen) atoms. The van der Waals surface area contributed by atoms with E-state index in [4.69, 9.17) is 16.3 Å². The number of hydrogen-bond donors (Lipinski definition) is 2. The van der Waals surface area contributed by atoms with Gasteiger partial charge in [-0.3, -0.25) is 4.79 Å². The first-order valence-corrected chi connectivity index (χ1v) is 8.61. The first-order valence-electron chi connectivity index (χ1n) is 7.25.